The summed E-state index contributed by atoms with van der Waals surface area (Å²) in [4.78, 5) is 31.5. The summed E-state index contributed by atoms with van der Waals surface area (Å²) in [5, 5.41) is 5.81. The number of carbonyl (C=O) groups excluding carboxylic acids is 2. The quantitative estimate of drug-likeness (QED) is 0.649. The van der Waals surface area contributed by atoms with Crippen LogP contribution >= 0.6 is 23.4 Å². The standard InChI is InChI=1S/C12H17ClN4O2S/c1-12(2,3)17-8(18)6-14-10(19)9-7(13)5-15-11(16-9)20-4/h5H,6H2,1-4H3,(H,14,19)(H,17,18). The molecule has 0 unspecified atom stereocenters. The first-order chi connectivity index (χ1) is 9.23. The maximum atomic E-state index is 11.9. The van der Waals surface area contributed by atoms with Crippen molar-refractivity contribution in [1.29, 1.82) is 0 Å². The molecular weight excluding hydrogens is 300 g/mol. The highest BCUT2D eigenvalue weighted by Crippen LogP contribution is 2.16. The smallest absolute Gasteiger partial charge is 0.272 e. The first-order valence-electron chi connectivity index (χ1n) is 5.88. The summed E-state index contributed by atoms with van der Waals surface area (Å²) in [5.74, 6) is -0.780. The molecule has 0 aliphatic heterocycles. The molecule has 20 heavy (non-hydrogen) atoms. The lowest BCUT2D eigenvalue weighted by molar-refractivity contribution is -0.121. The Morgan fingerprint density at radius 3 is 2.60 bits per heavy atom. The number of hydrogen-bond donors (Lipinski definition) is 2. The lowest BCUT2D eigenvalue weighted by Gasteiger charge is -2.20. The van der Waals surface area contributed by atoms with E-state index < -0.39 is 5.91 Å². The van der Waals surface area contributed by atoms with Crippen LogP contribution in [0.5, 0.6) is 0 Å². The van der Waals surface area contributed by atoms with Gasteiger partial charge in [-0.3, -0.25) is 9.59 Å². The van der Waals surface area contributed by atoms with Gasteiger partial charge in [0, 0.05) is 5.54 Å². The van der Waals surface area contributed by atoms with Crippen LogP contribution in [0.15, 0.2) is 11.4 Å². The minimum absolute atomic E-state index is 0.0644. The zero-order chi connectivity index (χ0) is 15.3. The number of halogens is 1. The maximum Gasteiger partial charge on any atom is 0.272 e. The molecule has 1 aromatic heterocycles. The molecule has 0 aliphatic rings. The van der Waals surface area contributed by atoms with Crippen LogP contribution in [-0.4, -0.2) is 40.1 Å². The third kappa shape index (κ3) is 5.34. The van der Waals surface area contributed by atoms with E-state index >= 15 is 0 Å². The molecule has 8 heteroatoms. The summed E-state index contributed by atoms with van der Waals surface area (Å²) in [6.45, 7) is 5.45. The summed E-state index contributed by atoms with van der Waals surface area (Å²) in [6, 6.07) is 0. The summed E-state index contributed by atoms with van der Waals surface area (Å²) in [5.41, 5.74) is -0.282. The van der Waals surface area contributed by atoms with Crippen LogP contribution in [0.3, 0.4) is 0 Å². The SMILES string of the molecule is CSc1ncc(Cl)c(C(=O)NCC(=O)NC(C)(C)C)n1. The number of aromatic nitrogens is 2. The number of nitrogens with one attached hydrogen (secondary N) is 2. The van der Waals surface area contributed by atoms with Gasteiger partial charge in [-0.05, 0) is 27.0 Å². The van der Waals surface area contributed by atoms with Crippen molar-refractivity contribution in [2.24, 2.45) is 0 Å². The summed E-state index contributed by atoms with van der Waals surface area (Å²) in [7, 11) is 0. The van der Waals surface area contributed by atoms with Gasteiger partial charge in [0.15, 0.2) is 10.9 Å². The fourth-order valence-electron chi connectivity index (χ4n) is 1.32. The van der Waals surface area contributed by atoms with E-state index in [1.807, 2.05) is 20.8 Å². The van der Waals surface area contributed by atoms with Crippen molar-refractivity contribution in [2.45, 2.75) is 31.5 Å². The van der Waals surface area contributed by atoms with Crippen LogP contribution in [0.1, 0.15) is 31.3 Å². The molecule has 2 N–H and O–H groups in total. The van der Waals surface area contributed by atoms with E-state index in [2.05, 4.69) is 20.6 Å². The first-order valence-corrected chi connectivity index (χ1v) is 7.49. The molecule has 0 aliphatic carbocycles. The average Bonchev–Trinajstić information content (AvgIpc) is 2.34. The molecule has 0 bridgehead atoms. The van der Waals surface area contributed by atoms with E-state index in [1.54, 1.807) is 6.26 Å². The van der Waals surface area contributed by atoms with Crippen molar-refractivity contribution < 1.29 is 9.59 Å². The monoisotopic (exact) mass is 316 g/mol. The highest BCUT2D eigenvalue weighted by molar-refractivity contribution is 7.98. The third-order valence-corrected chi connectivity index (χ3v) is 2.88. The van der Waals surface area contributed by atoms with Crippen molar-refractivity contribution in [3.63, 3.8) is 0 Å². The van der Waals surface area contributed by atoms with Crippen molar-refractivity contribution >= 4 is 35.2 Å². The zero-order valence-corrected chi connectivity index (χ0v) is 13.4. The molecule has 1 rings (SSSR count). The van der Waals surface area contributed by atoms with Gasteiger partial charge in [-0.15, -0.1) is 0 Å². The second-order valence-corrected chi connectivity index (χ2v) is 6.21. The number of nitrogens with zero attached hydrogens (tertiary/aromatic N) is 2. The Balaban J connectivity index is 2.66. The second kappa shape index (κ2) is 6.90. The fourth-order valence-corrected chi connectivity index (χ4v) is 1.83. The van der Waals surface area contributed by atoms with Gasteiger partial charge < -0.3 is 10.6 Å². The number of carbonyl (C=O) groups is 2. The van der Waals surface area contributed by atoms with Gasteiger partial charge in [0.2, 0.25) is 5.91 Å². The van der Waals surface area contributed by atoms with E-state index in [9.17, 15) is 9.59 Å². The zero-order valence-electron chi connectivity index (χ0n) is 11.8. The summed E-state index contributed by atoms with van der Waals surface area (Å²) < 4.78 is 0. The Bertz CT molecular complexity index is 517. The molecule has 0 spiro atoms. The lowest BCUT2D eigenvalue weighted by Crippen LogP contribution is -2.46. The van der Waals surface area contributed by atoms with Gasteiger partial charge in [0.1, 0.15) is 0 Å². The van der Waals surface area contributed by atoms with E-state index in [1.165, 1.54) is 18.0 Å². The normalized spacial score (nSPS) is 11.1. The Labute approximate surface area is 127 Å². The molecule has 6 nitrogen and oxygen atoms in total. The summed E-state index contributed by atoms with van der Waals surface area (Å²) in [6.07, 6.45) is 3.16. The molecule has 1 heterocycles. The first kappa shape index (κ1) is 16.7. The van der Waals surface area contributed by atoms with Crippen LogP contribution < -0.4 is 10.6 Å². The molecular formula is C12H17ClN4O2S. The van der Waals surface area contributed by atoms with Crippen LogP contribution in [0.2, 0.25) is 5.02 Å². The molecule has 0 atom stereocenters. The third-order valence-electron chi connectivity index (χ3n) is 2.04. The second-order valence-electron chi connectivity index (χ2n) is 5.03. The van der Waals surface area contributed by atoms with Gasteiger partial charge >= 0.3 is 0 Å². The molecule has 2 amide bonds. The predicted molar refractivity (Wildman–Crippen MR) is 79.1 cm³/mol. The highest BCUT2D eigenvalue weighted by atomic mass is 35.5. The molecule has 0 radical (unpaired) electrons. The molecule has 110 valence electrons. The molecule has 0 fully saturated rings. The van der Waals surface area contributed by atoms with Gasteiger partial charge in [-0.1, -0.05) is 23.4 Å². The van der Waals surface area contributed by atoms with Gasteiger partial charge in [-0.2, -0.15) is 0 Å². The minimum atomic E-state index is -0.503. The van der Waals surface area contributed by atoms with Crippen LogP contribution in [-0.2, 0) is 4.79 Å². The topological polar surface area (TPSA) is 84.0 Å². The molecule has 0 saturated carbocycles. The van der Waals surface area contributed by atoms with Crippen molar-refractivity contribution in [3.8, 4) is 0 Å². The largest absolute Gasteiger partial charge is 0.350 e. The van der Waals surface area contributed by atoms with Crippen molar-refractivity contribution in [3.05, 3.63) is 16.9 Å². The Morgan fingerprint density at radius 2 is 2.05 bits per heavy atom. The van der Waals surface area contributed by atoms with E-state index in [0.717, 1.165) is 0 Å². The van der Waals surface area contributed by atoms with Gasteiger partial charge in [0.05, 0.1) is 17.8 Å². The number of rotatable bonds is 4. The van der Waals surface area contributed by atoms with Crippen LogP contribution in [0.25, 0.3) is 0 Å². The molecule has 1 aromatic rings. The molecule has 0 aromatic carbocycles. The minimum Gasteiger partial charge on any atom is -0.350 e. The maximum absolute atomic E-state index is 11.9. The number of thioether (sulfide) groups is 1. The van der Waals surface area contributed by atoms with E-state index in [-0.39, 0.29) is 28.7 Å². The average molecular weight is 317 g/mol. The van der Waals surface area contributed by atoms with E-state index in [4.69, 9.17) is 11.6 Å². The summed E-state index contributed by atoms with van der Waals surface area (Å²) >= 11 is 7.18. The Morgan fingerprint density at radius 1 is 1.40 bits per heavy atom. The van der Waals surface area contributed by atoms with Crippen molar-refractivity contribution in [1.82, 2.24) is 20.6 Å². The number of hydrogen-bond acceptors (Lipinski definition) is 5. The van der Waals surface area contributed by atoms with Crippen LogP contribution in [0.4, 0.5) is 0 Å². The van der Waals surface area contributed by atoms with Crippen LogP contribution in [0, 0.1) is 0 Å². The fraction of sp³-hybridized carbons (Fsp3) is 0.500. The Kier molecular flexibility index (Phi) is 5.76. The molecule has 0 saturated heterocycles. The van der Waals surface area contributed by atoms with Gasteiger partial charge in [-0.25, -0.2) is 9.97 Å². The van der Waals surface area contributed by atoms with Crippen molar-refractivity contribution in [2.75, 3.05) is 12.8 Å². The predicted octanol–water partition coefficient (Wildman–Crippen LogP) is 1.50. The van der Waals surface area contributed by atoms with Gasteiger partial charge in [0.25, 0.3) is 5.91 Å². The number of amides is 2. The lowest BCUT2D eigenvalue weighted by atomic mass is 10.1. The Hall–Kier alpha value is -1.34. The van der Waals surface area contributed by atoms with E-state index in [0.29, 0.717) is 5.16 Å². The highest BCUT2D eigenvalue weighted by Gasteiger charge is 2.17.